The zero-order valence-electron chi connectivity index (χ0n) is 9.51. The Morgan fingerprint density at radius 3 is 2.94 bits per heavy atom. The SMILES string of the molecule is Cc1nn(-c2ccc3c(c2)OCO3)cc1CN. The predicted molar refractivity (Wildman–Crippen MR) is 62.3 cm³/mol. The third-order valence-corrected chi connectivity index (χ3v) is 2.84. The van der Waals surface area contributed by atoms with Gasteiger partial charge in [0.25, 0.3) is 0 Å². The molecule has 5 heteroatoms. The van der Waals surface area contributed by atoms with Crippen molar-refractivity contribution in [1.82, 2.24) is 9.78 Å². The molecule has 1 aliphatic rings. The van der Waals surface area contributed by atoms with Crippen molar-refractivity contribution in [2.45, 2.75) is 13.5 Å². The first kappa shape index (κ1) is 10.2. The second-order valence-electron chi connectivity index (χ2n) is 3.93. The monoisotopic (exact) mass is 231 g/mol. The van der Waals surface area contributed by atoms with Gasteiger partial charge in [0.05, 0.1) is 11.4 Å². The fourth-order valence-corrected chi connectivity index (χ4v) is 1.86. The van der Waals surface area contributed by atoms with Crippen LogP contribution in [-0.4, -0.2) is 16.6 Å². The van der Waals surface area contributed by atoms with Crippen LogP contribution in [0.25, 0.3) is 5.69 Å². The molecule has 0 amide bonds. The van der Waals surface area contributed by atoms with Crippen molar-refractivity contribution < 1.29 is 9.47 Å². The summed E-state index contributed by atoms with van der Waals surface area (Å²) in [6.45, 7) is 2.73. The lowest BCUT2D eigenvalue weighted by Gasteiger charge is -2.02. The van der Waals surface area contributed by atoms with Crippen LogP contribution < -0.4 is 15.2 Å². The molecular weight excluding hydrogens is 218 g/mol. The van der Waals surface area contributed by atoms with Gasteiger partial charge in [0.15, 0.2) is 11.5 Å². The third-order valence-electron chi connectivity index (χ3n) is 2.84. The van der Waals surface area contributed by atoms with E-state index in [0.717, 1.165) is 28.4 Å². The van der Waals surface area contributed by atoms with Gasteiger partial charge in [0.2, 0.25) is 6.79 Å². The fourth-order valence-electron chi connectivity index (χ4n) is 1.86. The Bertz CT molecular complexity index is 563. The number of ether oxygens (including phenoxy) is 2. The highest BCUT2D eigenvalue weighted by Gasteiger charge is 2.14. The molecule has 3 rings (SSSR count). The average molecular weight is 231 g/mol. The van der Waals surface area contributed by atoms with Gasteiger partial charge in [-0.3, -0.25) is 0 Å². The molecule has 0 atom stereocenters. The van der Waals surface area contributed by atoms with Gasteiger partial charge in [0.1, 0.15) is 0 Å². The standard InChI is InChI=1S/C12H13N3O2/c1-8-9(5-13)6-15(14-8)10-2-3-11-12(4-10)17-7-16-11/h2-4,6H,5,7,13H2,1H3. The molecule has 0 saturated carbocycles. The highest BCUT2D eigenvalue weighted by atomic mass is 16.7. The Kier molecular flexibility index (Phi) is 2.26. The van der Waals surface area contributed by atoms with E-state index in [2.05, 4.69) is 5.10 Å². The molecule has 0 bridgehead atoms. The molecule has 0 spiro atoms. The minimum Gasteiger partial charge on any atom is -0.454 e. The second kappa shape index (κ2) is 3.78. The number of benzene rings is 1. The van der Waals surface area contributed by atoms with E-state index in [1.807, 2.05) is 31.3 Å². The van der Waals surface area contributed by atoms with E-state index >= 15 is 0 Å². The number of nitrogens with two attached hydrogens (primary N) is 1. The Morgan fingerprint density at radius 1 is 1.35 bits per heavy atom. The summed E-state index contributed by atoms with van der Waals surface area (Å²) >= 11 is 0. The van der Waals surface area contributed by atoms with E-state index in [0.29, 0.717) is 6.54 Å². The lowest BCUT2D eigenvalue weighted by Crippen LogP contribution is -1.96. The Balaban J connectivity index is 2.03. The molecule has 0 radical (unpaired) electrons. The molecule has 0 aliphatic carbocycles. The Hall–Kier alpha value is -2.01. The van der Waals surface area contributed by atoms with Gasteiger partial charge in [-0.2, -0.15) is 5.10 Å². The number of aryl methyl sites for hydroxylation is 1. The van der Waals surface area contributed by atoms with Gasteiger partial charge >= 0.3 is 0 Å². The quantitative estimate of drug-likeness (QED) is 0.847. The maximum Gasteiger partial charge on any atom is 0.231 e. The topological polar surface area (TPSA) is 62.3 Å². The molecule has 1 aromatic heterocycles. The minimum atomic E-state index is 0.283. The van der Waals surface area contributed by atoms with Crippen molar-refractivity contribution in [3.05, 3.63) is 35.7 Å². The van der Waals surface area contributed by atoms with Crippen LogP contribution in [-0.2, 0) is 6.54 Å². The van der Waals surface area contributed by atoms with Crippen LogP contribution in [0.2, 0.25) is 0 Å². The summed E-state index contributed by atoms with van der Waals surface area (Å²) in [5.41, 5.74) is 8.57. The van der Waals surface area contributed by atoms with Crippen LogP contribution in [0, 0.1) is 6.92 Å². The van der Waals surface area contributed by atoms with Crippen molar-refractivity contribution in [1.29, 1.82) is 0 Å². The fraction of sp³-hybridized carbons (Fsp3) is 0.250. The minimum absolute atomic E-state index is 0.283. The summed E-state index contributed by atoms with van der Waals surface area (Å²) in [5.74, 6) is 1.53. The zero-order valence-corrected chi connectivity index (χ0v) is 9.51. The molecular formula is C12H13N3O2. The van der Waals surface area contributed by atoms with Gasteiger partial charge in [-0.15, -0.1) is 0 Å². The molecule has 0 saturated heterocycles. The molecule has 88 valence electrons. The highest BCUT2D eigenvalue weighted by molar-refractivity contribution is 5.50. The third kappa shape index (κ3) is 1.64. The molecule has 17 heavy (non-hydrogen) atoms. The number of fused-ring (bicyclic) bond motifs is 1. The number of hydrogen-bond acceptors (Lipinski definition) is 4. The van der Waals surface area contributed by atoms with Gasteiger partial charge < -0.3 is 15.2 Å². The number of rotatable bonds is 2. The van der Waals surface area contributed by atoms with E-state index in [4.69, 9.17) is 15.2 Å². The van der Waals surface area contributed by atoms with Crippen molar-refractivity contribution in [3.8, 4) is 17.2 Å². The van der Waals surface area contributed by atoms with E-state index in [-0.39, 0.29) is 6.79 Å². The summed E-state index contributed by atoms with van der Waals surface area (Å²) in [6, 6.07) is 5.74. The molecule has 0 fully saturated rings. The van der Waals surface area contributed by atoms with Gasteiger partial charge in [-0.05, 0) is 19.1 Å². The predicted octanol–water partition coefficient (Wildman–Crippen LogP) is 1.37. The van der Waals surface area contributed by atoms with Gasteiger partial charge in [0, 0.05) is 24.4 Å². The first-order valence-electron chi connectivity index (χ1n) is 5.43. The molecule has 2 aromatic rings. The average Bonchev–Trinajstić information content (AvgIpc) is 2.93. The molecule has 1 aliphatic heterocycles. The van der Waals surface area contributed by atoms with Crippen LogP contribution in [0.3, 0.4) is 0 Å². The summed E-state index contributed by atoms with van der Waals surface area (Å²) < 4.78 is 12.4. The molecule has 5 nitrogen and oxygen atoms in total. The summed E-state index contributed by atoms with van der Waals surface area (Å²) in [6.07, 6.45) is 1.94. The van der Waals surface area contributed by atoms with Crippen LogP contribution in [0.15, 0.2) is 24.4 Å². The maximum atomic E-state index is 5.63. The van der Waals surface area contributed by atoms with Crippen LogP contribution in [0.4, 0.5) is 0 Å². The number of aromatic nitrogens is 2. The first-order valence-corrected chi connectivity index (χ1v) is 5.43. The summed E-state index contributed by atoms with van der Waals surface area (Å²) in [4.78, 5) is 0. The summed E-state index contributed by atoms with van der Waals surface area (Å²) in [5, 5.41) is 4.42. The Morgan fingerprint density at radius 2 is 2.18 bits per heavy atom. The largest absolute Gasteiger partial charge is 0.454 e. The molecule has 1 aromatic carbocycles. The van der Waals surface area contributed by atoms with Crippen LogP contribution in [0.5, 0.6) is 11.5 Å². The van der Waals surface area contributed by atoms with Gasteiger partial charge in [-0.1, -0.05) is 0 Å². The van der Waals surface area contributed by atoms with Crippen LogP contribution in [0.1, 0.15) is 11.3 Å². The van der Waals surface area contributed by atoms with Crippen molar-refractivity contribution in [2.75, 3.05) is 6.79 Å². The van der Waals surface area contributed by atoms with Crippen molar-refractivity contribution in [3.63, 3.8) is 0 Å². The van der Waals surface area contributed by atoms with Gasteiger partial charge in [-0.25, -0.2) is 4.68 Å². The lowest BCUT2D eigenvalue weighted by molar-refractivity contribution is 0.174. The highest BCUT2D eigenvalue weighted by Crippen LogP contribution is 2.33. The lowest BCUT2D eigenvalue weighted by atomic mass is 10.2. The first-order chi connectivity index (χ1) is 8.28. The molecule has 0 unspecified atom stereocenters. The maximum absolute atomic E-state index is 5.63. The van der Waals surface area contributed by atoms with E-state index in [1.165, 1.54) is 0 Å². The molecule has 2 N–H and O–H groups in total. The van der Waals surface area contributed by atoms with Crippen molar-refractivity contribution >= 4 is 0 Å². The van der Waals surface area contributed by atoms with Crippen LogP contribution >= 0.6 is 0 Å². The number of hydrogen-bond donors (Lipinski definition) is 1. The van der Waals surface area contributed by atoms with E-state index in [1.54, 1.807) is 4.68 Å². The smallest absolute Gasteiger partial charge is 0.231 e. The summed E-state index contributed by atoms with van der Waals surface area (Å²) in [7, 11) is 0. The second-order valence-corrected chi connectivity index (χ2v) is 3.93. The van der Waals surface area contributed by atoms with E-state index < -0.39 is 0 Å². The number of nitrogens with zero attached hydrogens (tertiary/aromatic N) is 2. The molecule has 2 heterocycles. The zero-order chi connectivity index (χ0) is 11.8. The van der Waals surface area contributed by atoms with E-state index in [9.17, 15) is 0 Å². The van der Waals surface area contributed by atoms with Crippen molar-refractivity contribution in [2.24, 2.45) is 5.73 Å². The normalized spacial score (nSPS) is 13.1. The Labute approximate surface area is 98.8 Å².